The number of aliphatic hydroxyl groups excluding tert-OH is 1. The quantitative estimate of drug-likeness (QED) is 0.720. The van der Waals surface area contributed by atoms with Crippen LogP contribution in [0.4, 0.5) is 0 Å². The number of furan rings is 1. The summed E-state index contributed by atoms with van der Waals surface area (Å²) < 4.78 is 10.8. The lowest BCUT2D eigenvalue weighted by Crippen LogP contribution is -2.40. The Bertz CT molecular complexity index is 582. The Labute approximate surface area is 145 Å². The summed E-state index contributed by atoms with van der Waals surface area (Å²) in [5.74, 6) is 0.779. The molecule has 4 heteroatoms. The van der Waals surface area contributed by atoms with E-state index >= 15 is 0 Å². The Hall–Kier alpha value is -1.62. The molecular weight excluding hydrogens is 302 g/mol. The Kier molecular flexibility index (Phi) is 7.50. The monoisotopic (exact) mass is 331 g/mol. The van der Waals surface area contributed by atoms with Crippen LogP contribution in [0, 0.1) is 6.92 Å². The first kappa shape index (κ1) is 18.7. The predicted octanol–water partition coefficient (Wildman–Crippen LogP) is 3.77. The van der Waals surface area contributed by atoms with Crippen molar-refractivity contribution in [1.82, 2.24) is 4.90 Å². The average molecular weight is 331 g/mol. The maximum Gasteiger partial charge on any atom is 0.129 e. The van der Waals surface area contributed by atoms with Gasteiger partial charge < -0.3 is 14.3 Å². The molecule has 24 heavy (non-hydrogen) atoms. The zero-order valence-electron chi connectivity index (χ0n) is 14.9. The zero-order valence-corrected chi connectivity index (χ0v) is 14.9. The molecule has 0 unspecified atom stereocenters. The van der Waals surface area contributed by atoms with Crippen LogP contribution in [-0.4, -0.2) is 35.3 Å². The van der Waals surface area contributed by atoms with E-state index < -0.39 is 6.10 Å². The van der Waals surface area contributed by atoms with Gasteiger partial charge in [-0.25, -0.2) is 0 Å². The number of hydrogen-bond donors (Lipinski definition) is 1. The summed E-state index contributed by atoms with van der Waals surface area (Å²) in [7, 11) is 0. The topological polar surface area (TPSA) is 45.8 Å². The maximum absolute atomic E-state index is 10.3. The molecule has 4 nitrogen and oxygen atoms in total. The number of ether oxygens (including phenoxy) is 1. The molecule has 1 aromatic carbocycles. The van der Waals surface area contributed by atoms with Gasteiger partial charge in [0.1, 0.15) is 12.4 Å². The summed E-state index contributed by atoms with van der Waals surface area (Å²) in [4.78, 5) is 2.32. The molecule has 1 aromatic heterocycles. The Balaban J connectivity index is 1.86. The van der Waals surface area contributed by atoms with Gasteiger partial charge in [-0.05, 0) is 43.5 Å². The van der Waals surface area contributed by atoms with E-state index in [0.717, 1.165) is 18.7 Å². The van der Waals surface area contributed by atoms with E-state index in [1.54, 1.807) is 6.26 Å². The summed E-state index contributed by atoms with van der Waals surface area (Å²) in [6.45, 7) is 8.65. The normalized spacial score (nSPS) is 14.0. The molecule has 0 radical (unpaired) electrons. The van der Waals surface area contributed by atoms with Gasteiger partial charge in [0.25, 0.3) is 0 Å². The lowest BCUT2D eigenvalue weighted by Gasteiger charge is -2.31. The highest BCUT2D eigenvalue weighted by Gasteiger charge is 2.18. The van der Waals surface area contributed by atoms with Crippen LogP contribution >= 0.6 is 0 Å². The van der Waals surface area contributed by atoms with E-state index in [2.05, 4.69) is 49.9 Å². The summed E-state index contributed by atoms with van der Waals surface area (Å²) in [6.07, 6.45) is 2.16. The molecule has 2 aromatic rings. The Morgan fingerprint density at radius 1 is 1.21 bits per heavy atom. The third kappa shape index (κ3) is 5.78. The van der Waals surface area contributed by atoms with Crippen LogP contribution in [0.3, 0.4) is 0 Å². The minimum Gasteiger partial charge on any atom is -0.467 e. The molecule has 1 N–H and O–H groups in total. The van der Waals surface area contributed by atoms with Gasteiger partial charge in [0, 0.05) is 19.1 Å². The van der Waals surface area contributed by atoms with Crippen molar-refractivity contribution in [1.29, 1.82) is 0 Å². The van der Waals surface area contributed by atoms with E-state index in [1.807, 2.05) is 12.1 Å². The summed E-state index contributed by atoms with van der Waals surface area (Å²) in [6, 6.07) is 12.5. The van der Waals surface area contributed by atoms with Crippen molar-refractivity contribution in [3.8, 4) is 0 Å². The largest absolute Gasteiger partial charge is 0.467 e. The molecule has 0 fully saturated rings. The van der Waals surface area contributed by atoms with Crippen molar-refractivity contribution in [3.05, 3.63) is 59.5 Å². The SMILES string of the molecule is CC[C@@H](C)N(Cc1ccccc1C)C[C@@H](O)COCc1ccco1. The van der Waals surface area contributed by atoms with Crippen molar-refractivity contribution in [2.45, 2.75) is 52.5 Å². The van der Waals surface area contributed by atoms with E-state index in [-0.39, 0.29) is 0 Å². The second-order valence-electron chi connectivity index (χ2n) is 6.36. The average Bonchev–Trinajstić information content (AvgIpc) is 3.09. The number of nitrogens with zero attached hydrogens (tertiary/aromatic N) is 1. The highest BCUT2D eigenvalue weighted by Crippen LogP contribution is 2.15. The van der Waals surface area contributed by atoms with E-state index in [4.69, 9.17) is 9.15 Å². The lowest BCUT2D eigenvalue weighted by molar-refractivity contribution is -0.00275. The predicted molar refractivity (Wildman–Crippen MR) is 95.7 cm³/mol. The molecule has 0 bridgehead atoms. The molecule has 132 valence electrons. The third-order valence-corrected chi connectivity index (χ3v) is 4.43. The van der Waals surface area contributed by atoms with Crippen molar-refractivity contribution in [2.75, 3.05) is 13.2 Å². The molecule has 0 spiro atoms. The molecule has 0 aliphatic heterocycles. The van der Waals surface area contributed by atoms with Crippen molar-refractivity contribution in [2.24, 2.45) is 0 Å². The van der Waals surface area contributed by atoms with Crippen LogP contribution in [0.25, 0.3) is 0 Å². The first-order chi connectivity index (χ1) is 11.6. The fourth-order valence-electron chi connectivity index (χ4n) is 2.68. The number of benzene rings is 1. The van der Waals surface area contributed by atoms with Gasteiger partial charge in [0.15, 0.2) is 0 Å². The van der Waals surface area contributed by atoms with Gasteiger partial charge in [-0.3, -0.25) is 4.90 Å². The lowest BCUT2D eigenvalue weighted by atomic mass is 10.1. The summed E-state index contributed by atoms with van der Waals surface area (Å²) in [5.41, 5.74) is 2.59. The molecule has 1 heterocycles. The van der Waals surface area contributed by atoms with Gasteiger partial charge in [0.2, 0.25) is 0 Å². The van der Waals surface area contributed by atoms with Gasteiger partial charge in [-0.2, -0.15) is 0 Å². The van der Waals surface area contributed by atoms with Gasteiger partial charge >= 0.3 is 0 Å². The molecule has 2 atom stereocenters. The van der Waals surface area contributed by atoms with Crippen LogP contribution < -0.4 is 0 Å². The molecule has 2 rings (SSSR count). The zero-order chi connectivity index (χ0) is 17.4. The fraction of sp³-hybridized carbons (Fsp3) is 0.500. The third-order valence-electron chi connectivity index (χ3n) is 4.43. The van der Waals surface area contributed by atoms with Crippen molar-refractivity contribution >= 4 is 0 Å². The molecule has 0 amide bonds. The van der Waals surface area contributed by atoms with Crippen LogP contribution in [0.2, 0.25) is 0 Å². The van der Waals surface area contributed by atoms with Gasteiger partial charge in [0.05, 0.1) is 19.0 Å². The number of aliphatic hydroxyl groups is 1. The van der Waals surface area contributed by atoms with E-state index in [1.165, 1.54) is 11.1 Å². The number of hydrogen-bond acceptors (Lipinski definition) is 4. The van der Waals surface area contributed by atoms with Crippen LogP contribution in [-0.2, 0) is 17.9 Å². The fourth-order valence-corrected chi connectivity index (χ4v) is 2.68. The molecular formula is C20H29NO3. The minimum atomic E-state index is -0.516. The van der Waals surface area contributed by atoms with Crippen molar-refractivity contribution < 1.29 is 14.3 Å². The van der Waals surface area contributed by atoms with Gasteiger partial charge in [-0.1, -0.05) is 31.2 Å². The number of aryl methyl sites for hydroxylation is 1. The second kappa shape index (κ2) is 9.62. The second-order valence-corrected chi connectivity index (χ2v) is 6.36. The summed E-state index contributed by atoms with van der Waals surface area (Å²) in [5, 5.41) is 10.3. The summed E-state index contributed by atoms with van der Waals surface area (Å²) >= 11 is 0. The number of rotatable bonds is 10. The van der Waals surface area contributed by atoms with Gasteiger partial charge in [-0.15, -0.1) is 0 Å². The van der Waals surface area contributed by atoms with Crippen LogP contribution in [0.5, 0.6) is 0 Å². The highest BCUT2D eigenvalue weighted by atomic mass is 16.5. The van der Waals surface area contributed by atoms with Crippen LogP contribution in [0.1, 0.15) is 37.2 Å². The highest BCUT2D eigenvalue weighted by molar-refractivity contribution is 5.25. The van der Waals surface area contributed by atoms with E-state index in [0.29, 0.717) is 25.8 Å². The van der Waals surface area contributed by atoms with Crippen LogP contribution in [0.15, 0.2) is 47.1 Å². The first-order valence-corrected chi connectivity index (χ1v) is 8.67. The smallest absolute Gasteiger partial charge is 0.129 e. The molecule has 0 aliphatic carbocycles. The molecule has 0 saturated heterocycles. The first-order valence-electron chi connectivity index (χ1n) is 8.67. The van der Waals surface area contributed by atoms with Crippen molar-refractivity contribution in [3.63, 3.8) is 0 Å². The molecule has 0 aliphatic rings. The maximum atomic E-state index is 10.3. The Morgan fingerprint density at radius 3 is 2.67 bits per heavy atom. The minimum absolute atomic E-state index is 0.307. The molecule has 0 saturated carbocycles. The Morgan fingerprint density at radius 2 is 2.00 bits per heavy atom. The standard InChI is InChI=1S/C20H29NO3/c1-4-17(3)21(12-18-9-6-5-8-16(18)2)13-19(22)14-23-15-20-10-7-11-24-20/h5-11,17,19,22H,4,12-15H2,1-3H3/t17-,19-/m1/s1. The van der Waals surface area contributed by atoms with E-state index in [9.17, 15) is 5.11 Å².